The average molecular weight is 400 g/mol. The Labute approximate surface area is 169 Å². The number of unbranched alkanes of at least 4 members (excludes halogenated alkanes) is 1. The Morgan fingerprint density at radius 3 is 2.00 bits per heavy atom. The number of aryl methyl sites for hydroxylation is 1. The Bertz CT molecular complexity index is 902. The lowest BCUT2D eigenvalue weighted by atomic mass is 10.0. The summed E-state index contributed by atoms with van der Waals surface area (Å²) in [5.41, 5.74) is 9.38. The second-order valence-electron chi connectivity index (χ2n) is 6.64. The Hall–Kier alpha value is -2.99. The summed E-state index contributed by atoms with van der Waals surface area (Å²) in [6, 6.07) is 14.1. The van der Waals surface area contributed by atoms with Crippen molar-refractivity contribution in [2.45, 2.75) is 32.6 Å². The van der Waals surface area contributed by atoms with Crippen LogP contribution in [0.15, 0.2) is 54.6 Å². The van der Waals surface area contributed by atoms with Gasteiger partial charge in [-0.25, -0.2) is 8.78 Å². The molecule has 0 radical (unpaired) electrons. The molecule has 3 rings (SSSR count). The molecule has 0 saturated carbocycles. The third-order valence-electron chi connectivity index (χ3n) is 4.34. The van der Waals surface area contributed by atoms with Gasteiger partial charge in [0, 0.05) is 24.4 Å². The molecular formula is C23H26F2N2O2. The fourth-order valence-corrected chi connectivity index (χ4v) is 2.77. The lowest BCUT2D eigenvalue weighted by Gasteiger charge is -2.03. The van der Waals surface area contributed by atoms with E-state index in [1.807, 2.05) is 6.07 Å². The summed E-state index contributed by atoms with van der Waals surface area (Å²) >= 11 is 0. The molecule has 0 aliphatic heterocycles. The number of carbonyl (C=O) groups is 1. The van der Waals surface area contributed by atoms with Crippen LogP contribution in [-0.4, -0.2) is 22.6 Å². The van der Waals surface area contributed by atoms with Gasteiger partial charge in [0.25, 0.3) is 0 Å². The molecule has 0 fully saturated rings. The molecule has 1 amide bonds. The van der Waals surface area contributed by atoms with Gasteiger partial charge in [-0.05, 0) is 84.1 Å². The minimum atomic E-state index is -0.385. The van der Waals surface area contributed by atoms with Gasteiger partial charge in [-0.2, -0.15) is 0 Å². The van der Waals surface area contributed by atoms with Crippen LogP contribution in [0.4, 0.5) is 8.78 Å². The van der Waals surface area contributed by atoms with Crippen molar-refractivity contribution in [2.24, 2.45) is 5.73 Å². The molecule has 0 spiro atoms. The first-order chi connectivity index (χ1) is 13.9. The zero-order valence-electron chi connectivity index (χ0n) is 16.4. The van der Waals surface area contributed by atoms with Crippen LogP contribution in [0.5, 0.6) is 0 Å². The molecule has 0 bridgehead atoms. The number of amides is 1. The standard InChI is InChI=1S/C19H16F2N2O.C4H10O/c20-15-6-1-12(2-7-15)17-11-14(5-10-18(22)24)19(23-17)13-3-8-16(21)9-4-13;1-2-3-4-5/h1-4,6-9,11,23H,5,10H2,(H2,22,24);5H,2-4H2,1H3. The number of hydrogen-bond donors (Lipinski definition) is 3. The SMILES string of the molecule is CCCCO.NC(=O)CCc1cc(-c2ccc(F)cc2)[nH]c1-c1ccc(F)cc1. The van der Waals surface area contributed by atoms with Gasteiger partial charge in [0.05, 0.1) is 0 Å². The first-order valence-corrected chi connectivity index (χ1v) is 9.57. The van der Waals surface area contributed by atoms with E-state index >= 15 is 0 Å². The highest BCUT2D eigenvalue weighted by atomic mass is 19.1. The van der Waals surface area contributed by atoms with Gasteiger partial charge in [-0.15, -0.1) is 0 Å². The Balaban J connectivity index is 0.000000537. The molecule has 3 aromatic rings. The zero-order chi connectivity index (χ0) is 21.2. The topological polar surface area (TPSA) is 79.1 Å². The predicted octanol–water partition coefficient (Wildman–Crippen LogP) is 4.82. The first-order valence-electron chi connectivity index (χ1n) is 9.57. The number of halogens is 2. The maximum Gasteiger partial charge on any atom is 0.217 e. The first kappa shape index (κ1) is 22.3. The number of aromatic nitrogens is 1. The number of hydrogen-bond acceptors (Lipinski definition) is 2. The highest BCUT2D eigenvalue weighted by Gasteiger charge is 2.13. The Kier molecular flexibility index (Phi) is 8.55. The molecule has 0 saturated heterocycles. The molecule has 1 aromatic heterocycles. The molecular weight excluding hydrogens is 374 g/mol. The van der Waals surface area contributed by atoms with Crippen LogP contribution in [0.25, 0.3) is 22.5 Å². The number of rotatable bonds is 7. The lowest BCUT2D eigenvalue weighted by molar-refractivity contribution is -0.117. The van der Waals surface area contributed by atoms with Crippen LogP contribution in [-0.2, 0) is 11.2 Å². The summed E-state index contributed by atoms with van der Waals surface area (Å²) in [6.07, 6.45) is 2.73. The predicted molar refractivity (Wildman–Crippen MR) is 111 cm³/mol. The highest BCUT2D eigenvalue weighted by Crippen LogP contribution is 2.30. The monoisotopic (exact) mass is 400 g/mol. The third-order valence-corrected chi connectivity index (χ3v) is 4.34. The molecule has 0 unspecified atom stereocenters. The van der Waals surface area contributed by atoms with E-state index in [1.54, 1.807) is 24.3 Å². The number of aliphatic hydroxyl groups is 1. The van der Waals surface area contributed by atoms with Crippen molar-refractivity contribution in [3.8, 4) is 22.5 Å². The maximum absolute atomic E-state index is 13.2. The molecule has 0 aliphatic rings. The van der Waals surface area contributed by atoms with Gasteiger partial charge in [-0.1, -0.05) is 13.3 Å². The van der Waals surface area contributed by atoms with E-state index < -0.39 is 0 Å². The van der Waals surface area contributed by atoms with Crippen molar-refractivity contribution in [3.05, 3.63) is 71.8 Å². The Morgan fingerprint density at radius 2 is 1.55 bits per heavy atom. The zero-order valence-corrected chi connectivity index (χ0v) is 16.4. The van der Waals surface area contributed by atoms with Crippen LogP contribution >= 0.6 is 0 Å². The highest BCUT2D eigenvalue weighted by molar-refractivity contribution is 5.76. The van der Waals surface area contributed by atoms with E-state index in [4.69, 9.17) is 10.8 Å². The number of nitrogens with one attached hydrogen (secondary N) is 1. The van der Waals surface area contributed by atoms with Gasteiger partial charge in [0.15, 0.2) is 0 Å². The Morgan fingerprint density at radius 1 is 1.00 bits per heavy atom. The van der Waals surface area contributed by atoms with Crippen LogP contribution in [0, 0.1) is 11.6 Å². The fraction of sp³-hybridized carbons (Fsp3) is 0.261. The molecule has 2 aromatic carbocycles. The van der Waals surface area contributed by atoms with Crippen molar-refractivity contribution >= 4 is 5.91 Å². The number of nitrogens with two attached hydrogens (primary N) is 1. The van der Waals surface area contributed by atoms with E-state index in [2.05, 4.69) is 11.9 Å². The van der Waals surface area contributed by atoms with Crippen molar-refractivity contribution < 1.29 is 18.7 Å². The lowest BCUT2D eigenvalue weighted by Crippen LogP contribution is -2.11. The number of primary amides is 1. The maximum atomic E-state index is 13.2. The van der Waals surface area contributed by atoms with Crippen LogP contribution in [0.2, 0.25) is 0 Å². The van der Waals surface area contributed by atoms with Gasteiger partial charge in [-0.3, -0.25) is 4.79 Å². The minimum absolute atomic E-state index is 0.217. The smallest absolute Gasteiger partial charge is 0.217 e. The molecule has 4 N–H and O–H groups in total. The van der Waals surface area contributed by atoms with Crippen molar-refractivity contribution in [2.75, 3.05) is 6.61 Å². The summed E-state index contributed by atoms with van der Waals surface area (Å²) in [6.45, 7) is 2.40. The summed E-state index contributed by atoms with van der Waals surface area (Å²) in [5.74, 6) is -1.01. The summed E-state index contributed by atoms with van der Waals surface area (Å²) in [4.78, 5) is 14.4. The molecule has 0 aliphatic carbocycles. The largest absolute Gasteiger partial charge is 0.396 e. The molecule has 6 heteroatoms. The van der Waals surface area contributed by atoms with Gasteiger partial charge >= 0.3 is 0 Å². The summed E-state index contributed by atoms with van der Waals surface area (Å²) in [5, 5.41) is 8.07. The van der Waals surface area contributed by atoms with Crippen molar-refractivity contribution in [3.63, 3.8) is 0 Å². The van der Waals surface area contributed by atoms with Gasteiger partial charge in [0.1, 0.15) is 11.6 Å². The van der Waals surface area contributed by atoms with Crippen LogP contribution in [0.3, 0.4) is 0 Å². The normalized spacial score (nSPS) is 10.3. The van der Waals surface area contributed by atoms with Crippen LogP contribution in [0.1, 0.15) is 31.7 Å². The van der Waals surface area contributed by atoms with E-state index in [9.17, 15) is 13.6 Å². The molecule has 0 atom stereocenters. The summed E-state index contributed by atoms with van der Waals surface area (Å²) in [7, 11) is 0. The number of aliphatic hydroxyl groups excluding tert-OH is 1. The number of benzene rings is 2. The molecule has 154 valence electrons. The molecule has 4 nitrogen and oxygen atoms in total. The van der Waals surface area contributed by atoms with E-state index in [0.29, 0.717) is 13.0 Å². The van der Waals surface area contributed by atoms with E-state index in [1.165, 1.54) is 24.3 Å². The van der Waals surface area contributed by atoms with Gasteiger partial charge < -0.3 is 15.8 Å². The quantitative estimate of drug-likeness (QED) is 0.531. The van der Waals surface area contributed by atoms with E-state index in [-0.39, 0.29) is 24.0 Å². The van der Waals surface area contributed by atoms with E-state index in [0.717, 1.165) is 40.9 Å². The number of carbonyl (C=O) groups excluding carboxylic acids is 1. The van der Waals surface area contributed by atoms with Crippen molar-refractivity contribution in [1.82, 2.24) is 4.98 Å². The van der Waals surface area contributed by atoms with Crippen molar-refractivity contribution in [1.29, 1.82) is 0 Å². The number of H-pyrrole nitrogens is 1. The van der Waals surface area contributed by atoms with Gasteiger partial charge in [0.2, 0.25) is 5.91 Å². The van der Waals surface area contributed by atoms with Crippen LogP contribution < -0.4 is 5.73 Å². The minimum Gasteiger partial charge on any atom is -0.396 e. The average Bonchev–Trinajstić information content (AvgIpc) is 3.13. The second kappa shape index (κ2) is 11.1. The summed E-state index contributed by atoms with van der Waals surface area (Å²) < 4.78 is 26.3. The second-order valence-corrected chi connectivity index (χ2v) is 6.64. The molecule has 1 heterocycles. The molecule has 29 heavy (non-hydrogen) atoms. The third kappa shape index (κ3) is 6.84. The fourth-order valence-electron chi connectivity index (χ4n) is 2.77. The number of aromatic amines is 1.